The molecule has 1 heterocycles. The lowest BCUT2D eigenvalue weighted by Crippen LogP contribution is -2.44. The Morgan fingerprint density at radius 2 is 1.86 bits per heavy atom. The second-order valence-electron chi connectivity index (χ2n) is 6.46. The molecular weight excluding hydrogens is 260 g/mol. The monoisotopic (exact) mass is 286 g/mol. The van der Waals surface area contributed by atoms with Gasteiger partial charge >= 0.3 is 0 Å². The Balaban J connectivity index is 1.59. The van der Waals surface area contributed by atoms with Crippen LogP contribution in [0.3, 0.4) is 0 Å². The van der Waals surface area contributed by atoms with Crippen LogP contribution in [0.25, 0.3) is 0 Å². The zero-order chi connectivity index (χ0) is 14.7. The lowest BCUT2D eigenvalue weighted by molar-refractivity contribution is -0.132. The number of nitrogens with one attached hydrogen (secondary N) is 1. The van der Waals surface area contributed by atoms with Crippen LogP contribution < -0.4 is 5.32 Å². The first-order valence-corrected chi connectivity index (χ1v) is 8.38. The average Bonchev–Trinajstić information content (AvgIpc) is 2.81. The molecule has 1 N–H and O–H groups in total. The molecular formula is C18H26N2O. The molecule has 1 saturated carbocycles. The van der Waals surface area contributed by atoms with E-state index in [1.807, 2.05) is 6.07 Å². The van der Waals surface area contributed by atoms with Gasteiger partial charge in [0.2, 0.25) is 5.91 Å². The number of rotatable bonds is 4. The molecule has 2 aliphatic rings. The van der Waals surface area contributed by atoms with Crippen molar-refractivity contribution >= 4 is 5.91 Å². The number of carbonyl (C=O) groups is 1. The highest BCUT2D eigenvalue weighted by molar-refractivity contribution is 5.84. The largest absolute Gasteiger partial charge is 0.323 e. The molecule has 3 rings (SSSR count). The molecule has 3 nitrogen and oxygen atoms in total. The molecule has 21 heavy (non-hydrogen) atoms. The molecule has 2 atom stereocenters. The summed E-state index contributed by atoms with van der Waals surface area (Å²) >= 11 is 0. The van der Waals surface area contributed by atoms with Crippen LogP contribution in [0.2, 0.25) is 0 Å². The van der Waals surface area contributed by atoms with Crippen LogP contribution in [0.4, 0.5) is 0 Å². The van der Waals surface area contributed by atoms with Gasteiger partial charge in [0.05, 0.1) is 12.2 Å². The molecule has 1 aliphatic heterocycles. The van der Waals surface area contributed by atoms with Crippen molar-refractivity contribution in [3.63, 3.8) is 0 Å². The molecule has 1 aliphatic carbocycles. The van der Waals surface area contributed by atoms with E-state index in [1.54, 1.807) is 0 Å². The van der Waals surface area contributed by atoms with Gasteiger partial charge in [-0.05, 0) is 38.2 Å². The van der Waals surface area contributed by atoms with Crippen molar-refractivity contribution in [2.45, 2.75) is 70.1 Å². The van der Waals surface area contributed by atoms with Crippen molar-refractivity contribution in [1.29, 1.82) is 0 Å². The van der Waals surface area contributed by atoms with Gasteiger partial charge in [-0.2, -0.15) is 0 Å². The van der Waals surface area contributed by atoms with Crippen LogP contribution in [0.5, 0.6) is 0 Å². The van der Waals surface area contributed by atoms with E-state index in [1.165, 1.54) is 37.7 Å². The Bertz CT molecular complexity index is 467. The fraction of sp³-hybridized carbons (Fsp3) is 0.611. The Morgan fingerprint density at radius 1 is 1.14 bits per heavy atom. The molecule has 0 spiro atoms. The number of hydrogen-bond donors (Lipinski definition) is 1. The van der Waals surface area contributed by atoms with Crippen molar-refractivity contribution < 1.29 is 4.79 Å². The molecule has 0 aromatic heterocycles. The van der Waals surface area contributed by atoms with Gasteiger partial charge in [0.1, 0.15) is 0 Å². The van der Waals surface area contributed by atoms with Gasteiger partial charge in [-0.1, -0.05) is 49.6 Å². The SMILES string of the molecule is CC1NC(CCc2ccccc2)C(=O)N1C1CCCCC1. The molecule has 1 aromatic rings. The predicted octanol–water partition coefficient (Wildman–Crippen LogP) is 3.10. The van der Waals surface area contributed by atoms with Gasteiger partial charge in [-0.25, -0.2) is 0 Å². The number of amides is 1. The van der Waals surface area contributed by atoms with Crippen LogP contribution in [0, 0.1) is 0 Å². The standard InChI is InChI=1S/C18H26N2O/c1-14-19-17(13-12-15-8-4-2-5-9-15)18(21)20(14)16-10-6-3-7-11-16/h2,4-5,8-9,14,16-17,19H,3,6-7,10-13H2,1H3. The van der Waals surface area contributed by atoms with Crippen molar-refractivity contribution in [3.05, 3.63) is 35.9 Å². The Morgan fingerprint density at radius 3 is 2.57 bits per heavy atom. The minimum atomic E-state index is 0.00197. The van der Waals surface area contributed by atoms with Gasteiger partial charge in [-0.3, -0.25) is 10.1 Å². The summed E-state index contributed by atoms with van der Waals surface area (Å²) in [6.07, 6.45) is 8.31. The molecule has 0 bridgehead atoms. The van der Waals surface area contributed by atoms with E-state index in [9.17, 15) is 4.79 Å². The maximum absolute atomic E-state index is 12.7. The Kier molecular flexibility index (Phi) is 4.59. The van der Waals surface area contributed by atoms with E-state index in [-0.39, 0.29) is 12.2 Å². The van der Waals surface area contributed by atoms with E-state index in [4.69, 9.17) is 0 Å². The zero-order valence-electron chi connectivity index (χ0n) is 12.9. The summed E-state index contributed by atoms with van der Waals surface area (Å²) in [5, 5.41) is 3.50. The quantitative estimate of drug-likeness (QED) is 0.922. The summed E-state index contributed by atoms with van der Waals surface area (Å²) in [5.74, 6) is 0.324. The molecule has 3 heteroatoms. The lowest BCUT2D eigenvalue weighted by Gasteiger charge is -2.33. The summed E-state index contributed by atoms with van der Waals surface area (Å²) < 4.78 is 0. The number of carbonyl (C=O) groups excluding carboxylic acids is 1. The number of hydrogen-bond acceptors (Lipinski definition) is 2. The first kappa shape index (κ1) is 14.6. The third kappa shape index (κ3) is 3.29. The topological polar surface area (TPSA) is 32.3 Å². The highest BCUT2D eigenvalue weighted by Gasteiger charge is 2.39. The van der Waals surface area contributed by atoms with Crippen LogP contribution >= 0.6 is 0 Å². The average molecular weight is 286 g/mol. The summed E-state index contributed by atoms with van der Waals surface area (Å²) in [6, 6.07) is 10.9. The lowest BCUT2D eigenvalue weighted by atomic mass is 9.94. The van der Waals surface area contributed by atoms with Crippen LogP contribution in [-0.2, 0) is 11.2 Å². The fourth-order valence-corrected chi connectivity index (χ4v) is 3.83. The highest BCUT2D eigenvalue weighted by atomic mass is 16.2. The molecule has 2 fully saturated rings. The van der Waals surface area contributed by atoms with E-state index in [0.29, 0.717) is 11.9 Å². The van der Waals surface area contributed by atoms with Crippen molar-refractivity contribution in [1.82, 2.24) is 10.2 Å². The van der Waals surface area contributed by atoms with Gasteiger partial charge in [0.15, 0.2) is 0 Å². The van der Waals surface area contributed by atoms with E-state index in [0.717, 1.165) is 12.8 Å². The van der Waals surface area contributed by atoms with Gasteiger partial charge in [0.25, 0.3) is 0 Å². The Hall–Kier alpha value is -1.35. The molecule has 0 radical (unpaired) electrons. The third-order valence-electron chi connectivity index (χ3n) is 4.94. The van der Waals surface area contributed by atoms with Gasteiger partial charge in [0, 0.05) is 6.04 Å². The van der Waals surface area contributed by atoms with E-state index >= 15 is 0 Å². The molecule has 1 saturated heterocycles. The number of benzene rings is 1. The van der Waals surface area contributed by atoms with Gasteiger partial charge in [-0.15, -0.1) is 0 Å². The number of nitrogens with zero attached hydrogens (tertiary/aromatic N) is 1. The first-order valence-electron chi connectivity index (χ1n) is 8.38. The maximum Gasteiger partial charge on any atom is 0.241 e. The summed E-state index contributed by atoms with van der Waals surface area (Å²) in [4.78, 5) is 14.8. The van der Waals surface area contributed by atoms with E-state index < -0.39 is 0 Å². The van der Waals surface area contributed by atoms with Crippen LogP contribution in [-0.4, -0.2) is 29.1 Å². The molecule has 114 valence electrons. The summed E-state index contributed by atoms with van der Waals surface area (Å²) in [5.41, 5.74) is 1.32. The Labute approximate surface area is 127 Å². The minimum Gasteiger partial charge on any atom is -0.323 e. The van der Waals surface area contributed by atoms with E-state index in [2.05, 4.69) is 41.4 Å². The fourth-order valence-electron chi connectivity index (χ4n) is 3.83. The van der Waals surface area contributed by atoms with Gasteiger partial charge < -0.3 is 4.90 Å². The van der Waals surface area contributed by atoms with Crippen LogP contribution in [0.1, 0.15) is 51.0 Å². The third-order valence-corrected chi connectivity index (χ3v) is 4.94. The zero-order valence-corrected chi connectivity index (χ0v) is 12.9. The number of aryl methyl sites for hydroxylation is 1. The summed E-state index contributed by atoms with van der Waals surface area (Å²) in [6.45, 7) is 2.13. The second kappa shape index (κ2) is 6.61. The van der Waals surface area contributed by atoms with Crippen molar-refractivity contribution in [2.24, 2.45) is 0 Å². The molecule has 1 aromatic carbocycles. The molecule has 2 unspecified atom stereocenters. The minimum absolute atomic E-state index is 0.00197. The predicted molar refractivity (Wildman–Crippen MR) is 84.9 cm³/mol. The van der Waals surface area contributed by atoms with Crippen LogP contribution in [0.15, 0.2) is 30.3 Å². The smallest absolute Gasteiger partial charge is 0.241 e. The summed E-state index contributed by atoms with van der Waals surface area (Å²) in [7, 11) is 0. The second-order valence-corrected chi connectivity index (χ2v) is 6.46. The van der Waals surface area contributed by atoms with Crippen molar-refractivity contribution in [3.8, 4) is 0 Å². The maximum atomic E-state index is 12.7. The highest BCUT2D eigenvalue weighted by Crippen LogP contribution is 2.27. The molecule has 1 amide bonds. The first-order chi connectivity index (χ1) is 10.3. The normalized spacial score (nSPS) is 27.3. The van der Waals surface area contributed by atoms with Crippen molar-refractivity contribution in [2.75, 3.05) is 0 Å².